The summed E-state index contributed by atoms with van der Waals surface area (Å²) in [6, 6.07) is -0.325. The lowest BCUT2D eigenvalue weighted by molar-refractivity contribution is -0.138. The maximum absolute atomic E-state index is 12.4. The van der Waals surface area contributed by atoms with E-state index in [2.05, 4.69) is 29.5 Å². The molecule has 0 spiro atoms. The standard InChI is InChI=1S/C14H25N5O2/c1-11(2)8-15-9-13-10-19(17-16-13)12(3)14(20)18-4-6-21-7-5-18/h10-12,15H,4-9H2,1-3H3. The first-order chi connectivity index (χ1) is 10.1. The molecule has 1 aromatic heterocycles. The summed E-state index contributed by atoms with van der Waals surface area (Å²) in [5.74, 6) is 0.673. The Morgan fingerprint density at radius 1 is 1.38 bits per heavy atom. The minimum atomic E-state index is -0.325. The first-order valence-electron chi connectivity index (χ1n) is 7.56. The van der Waals surface area contributed by atoms with E-state index in [0.717, 1.165) is 12.2 Å². The highest BCUT2D eigenvalue weighted by molar-refractivity contribution is 5.80. The van der Waals surface area contributed by atoms with Crippen molar-refractivity contribution in [3.05, 3.63) is 11.9 Å². The molecule has 1 saturated heterocycles. The van der Waals surface area contributed by atoms with E-state index in [9.17, 15) is 4.79 Å². The quantitative estimate of drug-likeness (QED) is 0.824. The summed E-state index contributed by atoms with van der Waals surface area (Å²) in [5, 5.41) is 11.5. The van der Waals surface area contributed by atoms with Gasteiger partial charge in [-0.05, 0) is 19.4 Å². The van der Waals surface area contributed by atoms with Crippen molar-refractivity contribution >= 4 is 5.91 Å². The normalized spacial score (nSPS) is 17.2. The molecule has 1 N–H and O–H groups in total. The van der Waals surface area contributed by atoms with Gasteiger partial charge in [-0.1, -0.05) is 19.1 Å². The monoisotopic (exact) mass is 295 g/mol. The molecule has 7 heteroatoms. The molecule has 0 saturated carbocycles. The molecule has 1 aliphatic heterocycles. The van der Waals surface area contributed by atoms with Crippen LogP contribution in [0.15, 0.2) is 6.20 Å². The largest absolute Gasteiger partial charge is 0.378 e. The minimum Gasteiger partial charge on any atom is -0.378 e. The lowest BCUT2D eigenvalue weighted by Gasteiger charge is -2.29. The van der Waals surface area contributed by atoms with Crippen LogP contribution in [0.2, 0.25) is 0 Å². The average Bonchev–Trinajstić information content (AvgIpc) is 2.95. The highest BCUT2D eigenvalue weighted by atomic mass is 16.5. The predicted octanol–water partition coefficient (Wildman–Crippen LogP) is 0.444. The topological polar surface area (TPSA) is 72.3 Å². The summed E-state index contributed by atoms with van der Waals surface area (Å²) in [6.45, 7) is 10.3. The maximum Gasteiger partial charge on any atom is 0.247 e. The Balaban J connectivity index is 1.88. The number of morpholine rings is 1. The van der Waals surface area contributed by atoms with E-state index in [1.807, 2.05) is 18.0 Å². The van der Waals surface area contributed by atoms with Crippen LogP contribution in [0.25, 0.3) is 0 Å². The minimum absolute atomic E-state index is 0.0740. The third kappa shape index (κ3) is 4.50. The molecule has 0 aliphatic carbocycles. The summed E-state index contributed by atoms with van der Waals surface area (Å²) in [6.07, 6.45) is 1.84. The van der Waals surface area contributed by atoms with Crippen LogP contribution in [0.4, 0.5) is 0 Å². The van der Waals surface area contributed by atoms with Crippen LogP contribution in [0.5, 0.6) is 0 Å². The second-order valence-corrected chi connectivity index (χ2v) is 5.83. The van der Waals surface area contributed by atoms with Crippen molar-refractivity contribution in [2.75, 3.05) is 32.8 Å². The van der Waals surface area contributed by atoms with Gasteiger partial charge in [0.15, 0.2) is 0 Å². The summed E-state index contributed by atoms with van der Waals surface area (Å²) < 4.78 is 6.91. The number of nitrogens with one attached hydrogen (secondary N) is 1. The Kier molecular flexibility index (Phi) is 5.69. The number of hydrogen-bond donors (Lipinski definition) is 1. The fraction of sp³-hybridized carbons (Fsp3) is 0.786. The van der Waals surface area contributed by atoms with Gasteiger partial charge in [0.2, 0.25) is 5.91 Å². The molecule has 0 bridgehead atoms. The molecule has 1 unspecified atom stereocenters. The number of carbonyl (C=O) groups excluding carboxylic acids is 1. The zero-order chi connectivity index (χ0) is 15.2. The van der Waals surface area contributed by atoms with Gasteiger partial charge in [-0.15, -0.1) is 5.10 Å². The number of hydrogen-bond acceptors (Lipinski definition) is 5. The Labute approximate surface area is 125 Å². The lowest BCUT2D eigenvalue weighted by atomic mass is 10.2. The van der Waals surface area contributed by atoms with Crippen molar-refractivity contribution in [3.63, 3.8) is 0 Å². The van der Waals surface area contributed by atoms with E-state index in [-0.39, 0.29) is 11.9 Å². The van der Waals surface area contributed by atoms with Crippen LogP contribution in [0.3, 0.4) is 0 Å². The van der Waals surface area contributed by atoms with E-state index < -0.39 is 0 Å². The van der Waals surface area contributed by atoms with Crippen LogP contribution in [-0.2, 0) is 16.1 Å². The van der Waals surface area contributed by atoms with Crippen molar-refractivity contribution in [1.82, 2.24) is 25.2 Å². The van der Waals surface area contributed by atoms with Crippen LogP contribution in [0.1, 0.15) is 32.5 Å². The van der Waals surface area contributed by atoms with Crippen molar-refractivity contribution < 1.29 is 9.53 Å². The van der Waals surface area contributed by atoms with Crippen molar-refractivity contribution in [3.8, 4) is 0 Å². The van der Waals surface area contributed by atoms with Crippen molar-refractivity contribution in [2.24, 2.45) is 5.92 Å². The van der Waals surface area contributed by atoms with Gasteiger partial charge in [-0.2, -0.15) is 0 Å². The van der Waals surface area contributed by atoms with Gasteiger partial charge in [0.25, 0.3) is 0 Å². The fourth-order valence-corrected chi connectivity index (χ4v) is 2.23. The molecule has 2 heterocycles. The van der Waals surface area contributed by atoms with Crippen molar-refractivity contribution in [1.29, 1.82) is 0 Å². The van der Waals surface area contributed by atoms with Gasteiger partial charge in [0.1, 0.15) is 6.04 Å². The van der Waals surface area contributed by atoms with E-state index >= 15 is 0 Å². The fourth-order valence-electron chi connectivity index (χ4n) is 2.23. The average molecular weight is 295 g/mol. The van der Waals surface area contributed by atoms with Gasteiger partial charge < -0.3 is 15.0 Å². The zero-order valence-electron chi connectivity index (χ0n) is 13.1. The highest BCUT2D eigenvalue weighted by Gasteiger charge is 2.24. The Bertz CT molecular complexity index is 454. The Hall–Kier alpha value is -1.47. The molecular weight excluding hydrogens is 270 g/mol. The Morgan fingerprint density at radius 2 is 2.10 bits per heavy atom. The molecule has 1 atom stereocenters. The molecule has 1 amide bonds. The number of carbonyl (C=O) groups is 1. The van der Waals surface area contributed by atoms with E-state index in [1.165, 1.54) is 0 Å². The summed E-state index contributed by atoms with van der Waals surface area (Å²) >= 11 is 0. The van der Waals surface area contributed by atoms with Crippen molar-refractivity contribution in [2.45, 2.75) is 33.4 Å². The van der Waals surface area contributed by atoms with Crippen LogP contribution < -0.4 is 5.32 Å². The van der Waals surface area contributed by atoms with Gasteiger partial charge in [-0.3, -0.25) is 4.79 Å². The van der Waals surface area contributed by atoms with E-state index in [0.29, 0.717) is 38.8 Å². The van der Waals surface area contributed by atoms with E-state index in [1.54, 1.807) is 4.68 Å². The first-order valence-corrected chi connectivity index (χ1v) is 7.56. The molecule has 21 heavy (non-hydrogen) atoms. The first kappa shape index (κ1) is 15.9. The summed E-state index contributed by atoms with van der Waals surface area (Å²) in [7, 11) is 0. The molecule has 1 aliphatic rings. The molecule has 1 aromatic rings. The molecular formula is C14H25N5O2. The molecule has 7 nitrogen and oxygen atoms in total. The van der Waals surface area contributed by atoms with Crippen LogP contribution >= 0.6 is 0 Å². The second kappa shape index (κ2) is 7.51. The van der Waals surface area contributed by atoms with Gasteiger partial charge in [-0.25, -0.2) is 4.68 Å². The van der Waals surface area contributed by atoms with Gasteiger partial charge in [0.05, 0.1) is 25.1 Å². The second-order valence-electron chi connectivity index (χ2n) is 5.83. The molecule has 118 valence electrons. The summed E-state index contributed by atoms with van der Waals surface area (Å²) in [4.78, 5) is 14.2. The summed E-state index contributed by atoms with van der Waals surface area (Å²) in [5.41, 5.74) is 0.859. The smallest absolute Gasteiger partial charge is 0.247 e. The molecule has 0 radical (unpaired) electrons. The Morgan fingerprint density at radius 3 is 2.76 bits per heavy atom. The number of aromatic nitrogens is 3. The lowest BCUT2D eigenvalue weighted by Crippen LogP contribution is -2.43. The number of ether oxygens (including phenoxy) is 1. The third-order valence-corrected chi connectivity index (χ3v) is 3.49. The van der Waals surface area contributed by atoms with Crippen LogP contribution in [0, 0.1) is 5.92 Å². The molecule has 1 fully saturated rings. The third-order valence-electron chi connectivity index (χ3n) is 3.49. The van der Waals surface area contributed by atoms with E-state index in [4.69, 9.17) is 4.74 Å². The number of rotatable bonds is 6. The molecule has 2 rings (SSSR count). The zero-order valence-corrected chi connectivity index (χ0v) is 13.1. The maximum atomic E-state index is 12.4. The van der Waals surface area contributed by atoms with Gasteiger partial charge >= 0.3 is 0 Å². The number of nitrogens with zero attached hydrogens (tertiary/aromatic N) is 4. The predicted molar refractivity (Wildman–Crippen MR) is 78.7 cm³/mol. The van der Waals surface area contributed by atoms with Gasteiger partial charge in [0, 0.05) is 19.6 Å². The van der Waals surface area contributed by atoms with Crippen LogP contribution in [-0.4, -0.2) is 58.6 Å². The molecule has 0 aromatic carbocycles. The number of amides is 1. The highest BCUT2D eigenvalue weighted by Crippen LogP contribution is 2.11. The SMILES string of the molecule is CC(C)CNCc1cn(C(C)C(=O)N2CCOCC2)nn1.